The van der Waals surface area contributed by atoms with Crippen molar-refractivity contribution in [3.63, 3.8) is 0 Å². The zero-order valence-electron chi connectivity index (χ0n) is 6.86. The molecule has 0 atom stereocenters. The van der Waals surface area contributed by atoms with Crippen LogP contribution in [0.1, 0.15) is 11.1 Å². The van der Waals surface area contributed by atoms with Crippen molar-refractivity contribution in [2.75, 3.05) is 6.54 Å². The average molecular weight is 274 g/mol. The van der Waals surface area contributed by atoms with Gasteiger partial charge in [-0.1, -0.05) is 36.4 Å². The van der Waals surface area contributed by atoms with Gasteiger partial charge in [0, 0.05) is 12.1 Å². The van der Waals surface area contributed by atoms with E-state index in [-0.39, 0.29) is 0 Å². The second-order valence-corrected chi connectivity index (χ2v) is 3.31. The van der Waals surface area contributed by atoms with Crippen molar-refractivity contribution < 1.29 is 22.6 Å². The van der Waals surface area contributed by atoms with Gasteiger partial charge in [-0.3, -0.25) is 0 Å². The van der Waals surface area contributed by atoms with Gasteiger partial charge < -0.3 is 5.73 Å². The third-order valence-electron chi connectivity index (χ3n) is 1.64. The molecule has 0 aliphatic carbocycles. The lowest BCUT2D eigenvalue weighted by Gasteiger charge is -1.97. The minimum atomic E-state index is 0.610. The first-order valence-corrected chi connectivity index (χ1v) is 5.56. The van der Waals surface area contributed by atoms with Gasteiger partial charge in [0.1, 0.15) is 0 Å². The van der Waals surface area contributed by atoms with E-state index in [0.717, 1.165) is 4.43 Å². The Labute approximate surface area is 86.8 Å². The van der Waals surface area contributed by atoms with Crippen molar-refractivity contribution in [1.82, 2.24) is 0 Å². The lowest BCUT2D eigenvalue weighted by Crippen LogP contribution is -3.33. The lowest BCUT2D eigenvalue weighted by atomic mass is 10.1. The molecule has 0 heterocycles. The predicted octanol–water partition coefficient (Wildman–Crippen LogP) is -1.56. The van der Waals surface area contributed by atoms with Crippen LogP contribution in [0, 0.1) is 0 Å². The first-order valence-electron chi connectivity index (χ1n) is 3.91. The van der Waals surface area contributed by atoms with Crippen LogP contribution < -0.4 is 28.3 Å². The summed E-state index contributed by atoms with van der Waals surface area (Å²) in [5.41, 5.74) is 8.05. The van der Waals surface area contributed by atoms with Crippen LogP contribution in [-0.2, 0) is 4.43 Å². The molecule has 0 amide bonds. The largest absolute Gasteiger partial charge is 0.327 e. The summed E-state index contributed by atoms with van der Waals surface area (Å²) in [4.78, 5) is 0. The second kappa shape index (κ2) is 5.32. The average Bonchev–Trinajstić information content (AvgIpc) is 2.15. The molecule has 0 saturated heterocycles. The van der Waals surface area contributed by atoms with Gasteiger partial charge in [0.05, 0.1) is 0 Å². The van der Waals surface area contributed by atoms with E-state index in [0.29, 0.717) is 6.54 Å². The van der Waals surface area contributed by atoms with Gasteiger partial charge in [-0.25, -0.2) is 0 Å². The number of hydrogen-bond donors (Lipinski definition) is 1. The highest BCUT2D eigenvalue weighted by atomic mass is 127. The monoisotopic (exact) mass is 274 g/mol. The normalized spacial score (nSPS) is 10.8. The number of hydrogen-bond acceptors (Lipinski definition) is 1. The van der Waals surface area contributed by atoms with E-state index >= 15 is 0 Å². The van der Waals surface area contributed by atoms with Crippen LogP contribution in [-0.4, -0.2) is 6.54 Å². The van der Waals surface area contributed by atoms with Gasteiger partial charge in [-0.05, 0) is 5.56 Å². The molecule has 2 N–H and O–H groups in total. The second-order valence-electron chi connectivity index (χ2n) is 2.48. The molecule has 1 aromatic rings. The topological polar surface area (TPSA) is 26.0 Å². The molecule has 0 bridgehead atoms. The SMILES string of the molecule is NC/C=C/c1ccccc1C[IH+]. The van der Waals surface area contributed by atoms with Gasteiger partial charge >= 0.3 is 0 Å². The summed E-state index contributed by atoms with van der Waals surface area (Å²) < 4.78 is 1.08. The summed E-state index contributed by atoms with van der Waals surface area (Å²) in [7, 11) is 0. The highest BCUT2D eigenvalue weighted by Crippen LogP contribution is 2.08. The van der Waals surface area contributed by atoms with E-state index in [9.17, 15) is 0 Å². The number of alkyl halides is 1. The highest BCUT2D eigenvalue weighted by molar-refractivity contribution is 5.53. The minimum Gasteiger partial charge on any atom is -0.327 e. The Hall–Kier alpha value is -0.350. The maximum absolute atomic E-state index is 5.38. The maximum atomic E-state index is 5.38. The molecule has 2 heteroatoms. The van der Waals surface area contributed by atoms with Crippen LogP contribution in [0.15, 0.2) is 30.3 Å². The number of nitrogens with two attached hydrogens (primary N) is 1. The van der Waals surface area contributed by atoms with Crippen molar-refractivity contribution in [3.8, 4) is 0 Å². The summed E-state index contributed by atoms with van der Waals surface area (Å²) in [5, 5.41) is 0. The number of rotatable bonds is 3. The minimum absolute atomic E-state index is 0.610. The molecular formula is C10H13IN+. The first kappa shape index (κ1) is 9.74. The fraction of sp³-hybridized carbons (Fsp3) is 0.200. The molecule has 0 fully saturated rings. The van der Waals surface area contributed by atoms with Crippen molar-refractivity contribution in [2.45, 2.75) is 4.43 Å². The third kappa shape index (κ3) is 2.60. The molecule has 1 rings (SSSR count). The van der Waals surface area contributed by atoms with Gasteiger partial charge in [0.2, 0.25) is 0 Å². The molecule has 0 aromatic heterocycles. The molecule has 0 aliphatic heterocycles. The van der Waals surface area contributed by atoms with E-state index in [2.05, 4.69) is 52.9 Å². The smallest absolute Gasteiger partial charge is 0.257 e. The Balaban J connectivity index is 2.89. The van der Waals surface area contributed by atoms with E-state index < -0.39 is 0 Å². The van der Waals surface area contributed by atoms with Crippen LogP contribution in [0.4, 0.5) is 0 Å². The predicted molar refractivity (Wildman–Crippen MR) is 49.6 cm³/mol. The first-order chi connectivity index (χ1) is 5.88. The quantitative estimate of drug-likeness (QED) is 0.524. The number of benzene rings is 1. The Morgan fingerprint density at radius 2 is 2.08 bits per heavy atom. The summed E-state index contributed by atoms with van der Waals surface area (Å²) >= 11 is 2.09. The Morgan fingerprint density at radius 1 is 1.33 bits per heavy atom. The van der Waals surface area contributed by atoms with E-state index in [1.165, 1.54) is 11.1 Å². The Bertz CT molecular complexity index is 268. The Kier molecular flexibility index (Phi) is 4.32. The zero-order chi connectivity index (χ0) is 8.81. The molecule has 0 saturated carbocycles. The van der Waals surface area contributed by atoms with Crippen LogP contribution in [0.2, 0.25) is 0 Å². The fourth-order valence-corrected chi connectivity index (χ4v) is 1.77. The molecule has 1 aromatic carbocycles. The summed E-state index contributed by atoms with van der Waals surface area (Å²) in [6.45, 7) is 0.610. The highest BCUT2D eigenvalue weighted by Gasteiger charge is 1.98. The maximum Gasteiger partial charge on any atom is 0.257 e. The van der Waals surface area contributed by atoms with Crippen LogP contribution in [0.3, 0.4) is 0 Å². The molecule has 1 nitrogen and oxygen atoms in total. The molecule has 0 spiro atoms. The van der Waals surface area contributed by atoms with E-state index in [1.807, 2.05) is 6.08 Å². The molecule has 0 radical (unpaired) electrons. The molecule has 0 unspecified atom stereocenters. The summed E-state index contributed by atoms with van der Waals surface area (Å²) in [6.07, 6.45) is 4.07. The van der Waals surface area contributed by atoms with Crippen molar-refractivity contribution in [3.05, 3.63) is 41.5 Å². The van der Waals surface area contributed by atoms with Crippen molar-refractivity contribution in [2.24, 2.45) is 5.73 Å². The Morgan fingerprint density at radius 3 is 2.75 bits per heavy atom. The molecular weight excluding hydrogens is 261 g/mol. The standard InChI is InChI=1S/C10H13IN/c11-8-10-5-2-1-4-9(10)6-3-7-12/h1-6,11H,7-8,12H2/q+1/b6-3+. The number of halogens is 1. The van der Waals surface area contributed by atoms with Gasteiger partial charge in [-0.15, -0.1) is 0 Å². The van der Waals surface area contributed by atoms with Gasteiger partial charge in [-0.2, -0.15) is 0 Å². The third-order valence-corrected chi connectivity index (χ3v) is 2.53. The van der Waals surface area contributed by atoms with Crippen LogP contribution in [0.25, 0.3) is 6.08 Å². The van der Waals surface area contributed by atoms with Crippen molar-refractivity contribution in [1.29, 1.82) is 0 Å². The van der Waals surface area contributed by atoms with Gasteiger partial charge in [0.15, 0.2) is 4.43 Å². The van der Waals surface area contributed by atoms with Crippen LogP contribution >= 0.6 is 0 Å². The van der Waals surface area contributed by atoms with Crippen molar-refractivity contribution >= 4 is 6.08 Å². The lowest BCUT2D eigenvalue weighted by molar-refractivity contribution is -0.386. The van der Waals surface area contributed by atoms with Crippen LogP contribution in [0.5, 0.6) is 0 Å². The summed E-state index contributed by atoms with van der Waals surface area (Å²) in [6, 6.07) is 8.39. The molecule has 12 heavy (non-hydrogen) atoms. The molecule has 0 aliphatic rings. The van der Waals surface area contributed by atoms with E-state index in [1.54, 1.807) is 0 Å². The zero-order valence-corrected chi connectivity index (χ0v) is 9.19. The van der Waals surface area contributed by atoms with Gasteiger partial charge in [0.25, 0.3) is 22.6 Å². The molecule has 64 valence electrons. The van der Waals surface area contributed by atoms with E-state index in [4.69, 9.17) is 5.73 Å². The fourth-order valence-electron chi connectivity index (χ4n) is 1.02. The summed E-state index contributed by atoms with van der Waals surface area (Å²) in [5.74, 6) is 0.